The van der Waals surface area contributed by atoms with Gasteiger partial charge in [0.1, 0.15) is 19.3 Å². The van der Waals surface area contributed by atoms with E-state index in [1.807, 2.05) is 30.3 Å². The molecule has 4 rings (SSSR count). The molecule has 1 atom stereocenters. The summed E-state index contributed by atoms with van der Waals surface area (Å²) >= 11 is 0. The Morgan fingerprint density at radius 1 is 1.12 bits per heavy atom. The second-order valence-electron chi connectivity index (χ2n) is 5.82. The Bertz CT molecular complexity index is 926. The maximum atomic E-state index is 12.5. The minimum Gasteiger partial charge on any atom is -0.486 e. The van der Waals surface area contributed by atoms with Gasteiger partial charge in [-0.25, -0.2) is 0 Å². The molecule has 0 saturated heterocycles. The van der Waals surface area contributed by atoms with E-state index in [2.05, 4.69) is 20.7 Å². The lowest BCUT2D eigenvalue weighted by atomic mass is 10.2. The van der Waals surface area contributed by atoms with Gasteiger partial charge in [-0.1, -0.05) is 30.3 Å². The fourth-order valence-electron chi connectivity index (χ4n) is 2.56. The number of aromatic nitrogens is 4. The molecule has 8 nitrogen and oxygen atoms in total. The first-order valence-corrected chi connectivity index (χ1v) is 8.26. The van der Waals surface area contributed by atoms with Crippen LogP contribution >= 0.6 is 0 Å². The van der Waals surface area contributed by atoms with E-state index < -0.39 is 6.04 Å². The molecule has 3 aromatic rings. The topological polar surface area (TPSA) is 91.2 Å². The van der Waals surface area contributed by atoms with Crippen LogP contribution in [-0.4, -0.2) is 39.3 Å². The summed E-state index contributed by atoms with van der Waals surface area (Å²) < 4.78 is 11.0. The lowest BCUT2D eigenvalue weighted by Crippen LogP contribution is -2.25. The molecule has 0 saturated carbocycles. The average Bonchev–Trinajstić information content (AvgIpc) is 3.18. The number of ether oxygens (including phenoxy) is 2. The molecule has 2 aromatic carbocycles. The molecule has 1 N–H and O–H groups in total. The van der Waals surface area contributed by atoms with Crippen molar-refractivity contribution in [2.45, 2.75) is 13.0 Å². The van der Waals surface area contributed by atoms with Crippen LogP contribution in [0.2, 0.25) is 0 Å². The molecule has 1 aliphatic rings. The molecule has 2 heterocycles. The van der Waals surface area contributed by atoms with Crippen molar-refractivity contribution in [3.05, 3.63) is 48.5 Å². The van der Waals surface area contributed by atoms with Gasteiger partial charge in [0, 0.05) is 17.3 Å². The highest BCUT2D eigenvalue weighted by molar-refractivity contribution is 5.93. The number of hydrogen-bond donors (Lipinski definition) is 1. The third kappa shape index (κ3) is 3.21. The first-order valence-electron chi connectivity index (χ1n) is 8.26. The maximum Gasteiger partial charge on any atom is 0.250 e. The molecule has 0 aliphatic carbocycles. The van der Waals surface area contributed by atoms with Gasteiger partial charge in [0.25, 0.3) is 5.91 Å². The van der Waals surface area contributed by atoms with Gasteiger partial charge in [-0.2, -0.15) is 4.80 Å². The van der Waals surface area contributed by atoms with Gasteiger partial charge in [-0.05, 0) is 24.3 Å². The van der Waals surface area contributed by atoms with Crippen LogP contribution in [0.15, 0.2) is 48.5 Å². The van der Waals surface area contributed by atoms with E-state index in [0.717, 1.165) is 5.56 Å². The quantitative estimate of drug-likeness (QED) is 0.776. The third-order valence-corrected chi connectivity index (χ3v) is 4.00. The van der Waals surface area contributed by atoms with Crippen molar-refractivity contribution >= 4 is 11.6 Å². The summed E-state index contributed by atoms with van der Waals surface area (Å²) in [5, 5.41) is 15.2. The standard InChI is InChI=1S/C18H17N5O3/c1-12(23-21-17(20-22-23)13-5-3-2-4-6-13)18(24)19-14-7-8-15-16(11-14)26-10-9-25-15/h2-8,11-12H,9-10H2,1H3,(H,19,24)/t12-/m1/s1. The van der Waals surface area contributed by atoms with Gasteiger partial charge in [0.05, 0.1) is 0 Å². The molecule has 0 radical (unpaired) electrons. The first-order chi connectivity index (χ1) is 12.7. The van der Waals surface area contributed by atoms with E-state index in [1.165, 1.54) is 4.80 Å². The normalized spacial score (nSPS) is 13.9. The monoisotopic (exact) mass is 351 g/mol. The lowest BCUT2D eigenvalue weighted by Gasteiger charge is -2.19. The highest BCUT2D eigenvalue weighted by Gasteiger charge is 2.20. The summed E-state index contributed by atoms with van der Waals surface area (Å²) in [6, 6.07) is 14.1. The summed E-state index contributed by atoms with van der Waals surface area (Å²) in [6.45, 7) is 2.73. The van der Waals surface area contributed by atoms with Crippen LogP contribution in [0.3, 0.4) is 0 Å². The SMILES string of the molecule is C[C@H](C(=O)Nc1ccc2c(c1)OCCO2)n1nnc(-c2ccccc2)n1. The van der Waals surface area contributed by atoms with Crippen molar-refractivity contribution in [2.75, 3.05) is 18.5 Å². The van der Waals surface area contributed by atoms with Crippen LogP contribution in [0, 0.1) is 0 Å². The number of nitrogens with zero attached hydrogens (tertiary/aromatic N) is 4. The predicted octanol–water partition coefficient (Wildman–Crippen LogP) is 2.31. The molecule has 0 fully saturated rings. The zero-order valence-electron chi connectivity index (χ0n) is 14.1. The Morgan fingerprint density at radius 3 is 2.69 bits per heavy atom. The van der Waals surface area contributed by atoms with Crippen molar-refractivity contribution in [1.82, 2.24) is 20.2 Å². The van der Waals surface area contributed by atoms with Crippen LogP contribution in [0.5, 0.6) is 11.5 Å². The second-order valence-corrected chi connectivity index (χ2v) is 5.82. The number of nitrogens with one attached hydrogen (secondary N) is 1. The van der Waals surface area contributed by atoms with E-state index in [4.69, 9.17) is 9.47 Å². The molecule has 132 valence electrons. The van der Waals surface area contributed by atoms with Crippen molar-refractivity contribution in [3.8, 4) is 22.9 Å². The number of rotatable bonds is 4. The fraction of sp³-hybridized carbons (Fsp3) is 0.222. The fourth-order valence-corrected chi connectivity index (χ4v) is 2.56. The Hall–Kier alpha value is -3.42. The smallest absolute Gasteiger partial charge is 0.250 e. The molecule has 1 amide bonds. The average molecular weight is 351 g/mol. The zero-order valence-corrected chi connectivity index (χ0v) is 14.1. The van der Waals surface area contributed by atoms with Gasteiger partial charge in [-0.15, -0.1) is 10.2 Å². The Balaban J connectivity index is 1.47. The van der Waals surface area contributed by atoms with Gasteiger partial charge >= 0.3 is 0 Å². The molecule has 0 spiro atoms. The first kappa shape index (κ1) is 16.1. The molecule has 1 aromatic heterocycles. The molecule has 8 heteroatoms. The van der Waals surface area contributed by atoms with E-state index in [9.17, 15) is 4.79 Å². The highest BCUT2D eigenvalue weighted by Crippen LogP contribution is 2.32. The number of fused-ring (bicyclic) bond motifs is 1. The minimum absolute atomic E-state index is 0.251. The molecule has 0 unspecified atom stereocenters. The minimum atomic E-state index is -0.617. The number of hydrogen-bond acceptors (Lipinski definition) is 6. The van der Waals surface area contributed by atoms with E-state index >= 15 is 0 Å². The Morgan fingerprint density at radius 2 is 1.88 bits per heavy atom. The van der Waals surface area contributed by atoms with E-state index in [1.54, 1.807) is 25.1 Å². The predicted molar refractivity (Wildman–Crippen MR) is 94.0 cm³/mol. The second kappa shape index (κ2) is 6.83. The van der Waals surface area contributed by atoms with Gasteiger partial charge in [0.2, 0.25) is 5.82 Å². The molecule has 1 aliphatic heterocycles. The molecular formula is C18H17N5O3. The molecule has 26 heavy (non-hydrogen) atoms. The van der Waals surface area contributed by atoms with Gasteiger partial charge in [-0.3, -0.25) is 4.79 Å². The number of benzene rings is 2. The largest absolute Gasteiger partial charge is 0.486 e. The zero-order chi connectivity index (χ0) is 17.9. The third-order valence-electron chi connectivity index (χ3n) is 4.00. The summed E-state index contributed by atoms with van der Waals surface area (Å²) in [4.78, 5) is 13.8. The number of anilines is 1. The van der Waals surface area contributed by atoms with Crippen LogP contribution < -0.4 is 14.8 Å². The van der Waals surface area contributed by atoms with Crippen LogP contribution in [0.1, 0.15) is 13.0 Å². The molecule has 0 bridgehead atoms. The van der Waals surface area contributed by atoms with Crippen LogP contribution in [0.4, 0.5) is 5.69 Å². The van der Waals surface area contributed by atoms with Crippen molar-refractivity contribution < 1.29 is 14.3 Å². The number of carbonyl (C=O) groups excluding carboxylic acids is 1. The number of carbonyl (C=O) groups is 1. The van der Waals surface area contributed by atoms with Crippen LogP contribution in [-0.2, 0) is 4.79 Å². The summed E-state index contributed by atoms with van der Waals surface area (Å²) in [7, 11) is 0. The number of amides is 1. The lowest BCUT2D eigenvalue weighted by molar-refractivity contribution is -0.119. The van der Waals surface area contributed by atoms with Crippen molar-refractivity contribution in [2.24, 2.45) is 0 Å². The Labute approximate surface area is 149 Å². The van der Waals surface area contributed by atoms with Crippen molar-refractivity contribution in [3.63, 3.8) is 0 Å². The maximum absolute atomic E-state index is 12.5. The molecular weight excluding hydrogens is 334 g/mol. The highest BCUT2D eigenvalue weighted by atomic mass is 16.6. The number of tetrazole rings is 1. The van der Waals surface area contributed by atoms with Gasteiger partial charge in [0.15, 0.2) is 11.5 Å². The van der Waals surface area contributed by atoms with Crippen molar-refractivity contribution in [1.29, 1.82) is 0 Å². The summed E-state index contributed by atoms with van der Waals surface area (Å²) in [6.07, 6.45) is 0. The van der Waals surface area contributed by atoms with Gasteiger partial charge < -0.3 is 14.8 Å². The van der Waals surface area contributed by atoms with E-state index in [0.29, 0.717) is 36.2 Å². The summed E-state index contributed by atoms with van der Waals surface area (Å²) in [5.41, 5.74) is 1.47. The van der Waals surface area contributed by atoms with Crippen LogP contribution in [0.25, 0.3) is 11.4 Å². The summed E-state index contributed by atoms with van der Waals surface area (Å²) in [5.74, 6) is 1.52. The Kier molecular flexibility index (Phi) is 4.22. The van der Waals surface area contributed by atoms with E-state index in [-0.39, 0.29) is 5.91 Å².